The Labute approximate surface area is 132 Å². The van der Waals surface area contributed by atoms with Crippen molar-refractivity contribution < 1.29 is 19.9 Å². The Hall–Kier alpha value is -3.42. The molecule has 0 spiro atoms. The lowest BCUT2D eigenvalue weighted by atomic mass is 10.2. The largest absolute Gasteiger partial charge is 0.458 e. The molecule has 23 heavy (non-hydrogen) atoms. The molecule has 120 valence electrons. The number of oxime groups is 2. The van der Waals surface area contributed by atoms with E-state index in [0.29, 0.717) is 22.6 Å². The Morgan fingerprint density at radius 3 is 1.39 bits per heavy atom. The highest BCUT2D eigenvalue weighted by Gasteiger charge is 2.02. The summed E-state index contributed by atoms with van der Waals surface area (Å²) in [4.78, 5) is 0. The lowest BCUT2D eigenvalue weighted by Gasteiger charge is -2.09. The highest BCUT2D eigenvalue weighted by molar-refractivity contribution is 5.97. The normalized spacial score (nSPS) is 12.0. The van der Waals surface area contributed by atoms with E-state index in [0.717, 1.165) is 0 Å². The second-order valence-corrected chi connectivity index (χ2v) is 4.43. The molecule has 2 rings (SSSR count). The van der Waals surface area contributed by atoms with Gasteiger partial charge in [-0.15, -0.1) is 0 Å². The maximum absolute atomic E-state index is 8.58. The molecule has 8 nitrogen and oxygen atoms in total. The number of nitrogens with zero attached hydrogens (tertiary/aromatic N) is 2. The van der Waals surface area contributed by atoms with E-state index in [4.69, 9.17) is 31.4 Å². The van der Waals surface area contributed by atoms with Crippen LogP contribution < -0.4 is 20.9 Å². The summed E-state index contributed by atoms with van der Waals surface area (Å²) < 4.78 is 10.8. The zero-order valence-corrected chi connectivity index (χ0v) is 12.1. The van der Waals surface area contributed by atoms with Gasteiger partial charge in [0.25, 0.3) is 0 Å². The number of nitrogens with two attached hydrogens (primary N) is 2. The summed E-state index contributed by atoms with van der Waals surface area (Å²) in [5, 5.41) is 23.0. The monoisotopic (exact) mass is 316 g/mol. The standard InChI is InChI=1S/C15H16N4O4/c16-14(18-20)10-1-5-12(6-2-10)22-9-23-13-7-3-11(4-8-13)15(17)19-21/h1-8,20-21H,9H2,(H2,16,18)(H2,17,19). The van der Waals surface area contributed by atoms with Gasteiger partial charge in [-0.1, -0.05) is 10.3 Å². The molecule has 6 N–H and O–H groups in total. The van der Waals surface area contributed by atoms with Crippen LogP contribution in [0.5, 0.6) is 11.5 Å². The molecule has 0 bridgehead atoms. The molecule has 0 aromatic heterocycles. The molecule has 0 heterocycles. The van der Waals surface area contributed by atoms with Crippen molar-refractivity contribution in [3.63, 3.8) is 0 Å². The number of hydrogen-bond acceptors (Lipinski definition) is 6. The lowest BCUT2D eigenvalue weighted by molar-refractivity contribution is 0.120. The number of rotatable bonds is 6. The molecule has 0 saturated heterocycles. The molecule has 8 heteroatoms. The Morgan fingerprint density at radius 1 is 0.739 bits per heavy atom. The smallest absolute Gasteiger partial charge is 0.230 e. The summed E-state index contributed by atoms with van der Waals surface area (Å²) in [7, 11) is 0. The fourth-order valence-electron chi connectivity index (χ4n) is 1.72. The van der Waals surface area contributed by atoms with Gasteiger partial charge in [0.05, 0.1) is 0 Å². The topological polar surface area (TPSA) is 136 Å². The molecule has 0 aliphatic rings. The van der Waals surface area contributed by atoms with Crippen LogP contribution in [0.15, 0.2) is 58.8 Å². The van der Waals surface area contributed by atoms with Crippen molar-refractivity contribution in [3.05, 3.63) is 59.7 Å². The van der Waals surface area contributed by atoms with Crippen LogP contribution in [0.4, 0.5) is 0 Å². The Balaban J connectivity index is 1.87. The van der Waals surface area contributed by atoms with Crippen molar-refractivity contribution in [1.29, 1.82) is 0 Å². The fourth-order valence-corrected chi connectivity index (χ4v) is 1.72. The van der Waals surface area contributed by atoms with E-state index in [9.17, 15) is 0 Å². The molecule has 0 aliphatic heterocycles. The first-order valence-corrected chi connectivity index (χ1v) is 6.55. The van der Waals surface area contributed by atoms with Gasteiger partial charge in [0.2, 0.25) is 6.79 Å². The van der Waals surface area contributed by atoms with Gasteiger partial charge in [0.1, 0.15) is 11.5 Å². The third-order valence-electron chi connectivity index (χ3n) is 2.97. The van der Waals surface area contributed by atoms with Gasteiger partial charge in [-0.2, -0.15) is 0 Å². The predicted octanol–water partition coefficient (Wildman–Crippen LogP) is 1.29. The van der Waals surface area contributed by atoms with E-state index in [-0.39, 0.29) is 18.5 Å². The first-order chi connectivity index (χ1) is 11.1. The van der Waals surface area contributed by atoms with Crippen molar-refractivity contribution in [2.75, 3.05) is 6.79 Å². The quantitative estimate of drug-likeness (QED) is 0.208. The van der Waals surface area contributed by atoms with Gasteiger partial charge in [0.15, 0.2) is 11.7 Å². The van der Waals surface area contributed by atoms with E-state index in [2.05, 4.69) is 10.3 Å². The van der Waals surface area contributed by atoms with E-state index in [1.54, 1.807) is 48.5 Å². The van der Waals surface area contributed by atoms with Crippen molar-refractivity contribution in [1.82, 2.24) is 0 Å². The number of ether oxygens (including phenoxy) is 2. The third kappa shape index (κ3) is 4.27. The summed E-state index contributed by atoms with van der Waals surface area (Å²) in [6.45, 7) is 0.00579. The number of benzene rings is 2. The Bertz CT molecular complexity index is 635. The molecule has 0 aliphatic carbocycles. The van der Waals surface area contributed by atoms with Gasteiger partial charge in [-0.3, -0.25) is 0 Å². The third-order valence-corrected chi connectivity index (χ3v) is 2.97. The van der Waals surface area contributed by atoms with Gasteiger partial charge in [0, 0.05) is 11.1 Å². The molecule has 2 aromatic rings. The van der Waals surface area contributed by atoms with Crippen LogP contribution in [0, 0.1) is 0 Å². The molecule has 0 fully saturated rings. The highest BCUT2D eigenvalue weighted by Crippen LogP contribution is 2.15. The summed E-state index contributed by atoms with van der Waals surface area (Å²) in [6, 6.07) is 13.4. The summed E-state index contributed by atoms with van der Waals surface area (Å²) in [5.41, 5.74) is 12.1. The minimum atomic E-state index is 0.00579. The van der Waals surface area contributed by atoms with Gasteiger partial charge in [-0.25, -0.2) is 0 Å². The summed E-state index contributed by atoms with van der Waals surface area (Å²) in [6.07, 6.45) is 0. The molecular weight excluding hydrogens is 300 g/mol. The van der Waals surface area contributed by atoms with Crippen molar-refractivity contribution in [2.24, 2.45) is 21.8 Å². The Kier molecular flexibility index (Phi) is 5.24. The maximum Gasteiger partial charge on any atom is 0.230 e. The molecule has 0 atom stereocenters. The van der Waals surface area contributed by atoms with E-state index in [1.165, 1.54) is 0 Å². The number of hydrogen-bond donors (Lipinski definition) is 4. The maximum atomic E-state index is 8.58. The molecule has 2 aromatic carbocycles. The van der Waals surface area contributed by atoms with Crippen molar-refractivity contribution in [2.45, 2.75) is 0 Å². The first-order valence-electron chi connectivity index (χ1n) is 6.55. The minimum absolute atomic E-state index is 0.00579. The molecule has 0 unspecified atom stereocenters. The van der Waals surface area contributed by atoms with Crippen LogP contribution in [-0.4, -0.2) is 28.9 Å². The molecular formula is C15H16N4O4. The van der Waals surface area contributed by atoms with E-state index < -0.39 is 0 Å². The number of amidine groups is 2. The van der Waals surface area contributed by atoms with E-state index in [1.807, 2.05) is 0 Å². The summed E-state index contributed by atoms with van der Waals surface area (Å²) >= 11 is 0. The van der Waals surface area contributed by atoms with Gasteiger partial charge >= 0.3 is 0 Å². The van der Waals surface area contributed by atoms with Gasteiger partial charge < -0.3 is 31.4 Å². The van der Waals surface area contributed by atoms with Crippen LogP contribution in [0.2, 0.25) is 0 Å². The van der Waals surface area contributed by atoms with Crippen LogP contribution in [0.3, 0.4) is 0 Å². The average Bonchev–Trinajstić information content (AvgIpc) is 2.61. The SMILES string of the molecule is N/C(=N\O)c1ccc(OCOc2ccc(/C(N)=N/O)cc2)cc1. The predicted molar refractivity (Wildman–Crippen MR) is 84.0 cm³/mol. The summed E-state index contributed by atoms with van der Waals surface area (Å²) in [5.74, 6) is 1.21. The van der Waals surface area contributed by atoms with Crippen LogP contribution in [0.25, 0.3) is 0 Å². The van der Waals surface area contributed by atoms with Crippen LogP contribution >= 0.6 is 0 Å². The van der Waals surface area contributed by atoms with E-state index >= 15 is 0 Å². The molecule has 0 radical (unpaired) electrons. The average molecular weight is 316 g/mol. The highest BCUT2D eigenvalue weighted by atomic mass is 16.7. The van der Waals surface area contributed by atoms with Crippen LogP contribution in [0.1, 0.15) is 11.1 Å². The second-order valence-electron chi connectivity index (χ2n) is 4.43. The Morgan fingerprint density at radius 2 is 1.09 bits per heavy atom. The lowest BCUT2D eigenvalue weighted by Crippen LogP contribution is -2.13. The minimum Gasteiger partial charge on any atom is -0.458 e. The van der Waals surface area contributed by atoms with Crippen LogP contribution in [-0.2, 0) is 0 Å². The molecule has 0 amide bonds. The van der Waals surface area contributed by atoms with Gasteiger partial charge in [-0.05, 0) is 48.5 Å². The molecule has 0 saturated carbocycles. The second kappa shape index (κ2) is 7.55. The fraction of sp³-hybridized carbons (Fsp3) is 0.0667. The zero-order chi connectivity index (χ0) is 16.7. The first kappa shape index (κ1) is 16.0. The van der Waals surface area contributed by atoms with Crippen molar-refractivity contribution in [3.8, 4) is 11.5 Å². The van der Waals surface area contributed by atoms with Crippen molar-refractivity contribution >= 4 is 11.7 Å². The zero-order valence-electron chi connectivity index (χ0n) is 12.1.